The van der Waals surface area contributed by atoms with E-state index in [2.05, 4.69) is 22.3 Å². The minimum absolute atomic E-state index is 0.0230. The quantitative estimate of drug-likeness (QED) is 0.874. The molecule has 7 heteroatoms. The Morgan fingerprint density at radius 2 is 2.20 bits per heavy atom. The van der Waals surface area contributed by atoms with E-state index in [4.69, 9.17) is 4.74 Å². The Hall–Kier alpha value is -2.41. The number of carbonyl (C=O) groups excluding carboxylic acids is 1. The molecule has 25 heavy (non-hydrogen) atoms. The van der Waals surface area contributed by atoms with Gasteiger partial charge in [-0.2, -0.15) is 5.10 Å². The first-order valence-corrected chi connectivity index (χ1v) is 8.84. The number of ether oxygens (including phenoxy) is 1. The number of aromatic nitrogens is 3. The molecule has 0 spiro atoms. The molecular formula is C18H25N5O2. The van der Waals surface area contributed by atoms with Gasteiger partial charge in [-0.05, 0) is 37.0 Å². The number of amides is 2. The number of nitrogens with one attached hydrogen (secondary N) is 1. The van der Waals surface area contributed by atoms with E-state index in [1.165, 1.54) is 6.33 Å². The van der Waals surface area contributed by atoms with Crippen LogP contribution in [-0.2, 0) is 11.3 Å². The maximum absolute atomic E-state index is 12.4. The molecule has 3 rings (SSSR count). The molecular weight excluding hydrogens is 318 g/mol. The summed E-state index contributed by atoms with van der Waals surface area (Å²) in [5.41, 5.74) is 1.99. The van der Waals surface area contributed by atoms with Crippen molar-refractivity contribution in [1.29, 1.82) is 0 Å². The van der Waals surface area contributed by atoms with Crippen LogP contribution in [0.5, 0.6) is 0 Å². The third-order valence-electron chi connectivity index (χ3n) is 4.29. The van der Waals surface area contributed by atoms with Crippen LogP contribution in [0.1, 0.15) is 31.7 Å². The third-order valence-corrected chi connectivity index (χ3v) is 4.29. The van der Waals surface area contributed by atoms with Crippen LogP contribution in [0.25, 0.3) is 5.69 Å². The second-order valence-electron chi connectivity index (χ2n) is 6.25. The molecule has 0 radical (unpaired) electrons. The highest BCUT2D eigenvalue weighted by Gasteiger charge is 2.23. The molecule has 1 aliphatic heterocycles. The smallest absolute Gasteiger partial charge is 0.317 e. The molecule has 1 atom stereocenters. The van der Waals surface area contributed by atoms with Crippen LogP contribution < -0.4 is 5.32 Å². The molecule has 2 aromatic rings. The number of hydrogen-bond acceptors (Lipinski definition) is 4. The highest BCUT2D eigenvalue weighted by atomic mass is 16.5. The average molecular weight is 343 g/mol. The van der Waals surface area contributed by atoms with Gasteiger partial charge in [-0.25, -0.2) is 14.5 Å². The van der Waals surface area contributed by atoms with E-state index >= 15 is 0 Å². The topological polar surface area (TPSA) is 72.3 Å². The van der Waals surface area contributed by atoms with Crippen LogP contribution in [0.4, 0.5) is 4.79 Å². The number of nitrogens with zero attached hydrogens (tertiary/aromatic N) is 4. The normalized spacial score (nSPS) is 17.5. The van der Waals surface area contributed by atoms with Crippen molar-refractivity contribution in [2.75, 3.05) is 19.7 Å². The van der Waals surface area contributed by atoms with Crippen molar-refractivity contribution in [3.63, 3.8) is 0 Å². The van der Waals surface area contributed by atoms with Gasteiger partial charge in [0.05, 0.1) is 11.8 Å². The number of hydrogen-bond donors (Lipinski definition) is 1. The Morgan fingerprint density at radius 3 is 2.92 bits per heavy atom. The van der Waals surface area contributed by atoms with E-state index in [1.54, 1.807) is 11.0 Å². The Kier molecular flexibility index (Phi) is 6.00. The van der Waals surface area contributed by atoms with Gasteiger partial charge in [0.25, 0.3) is 0 Å². The van der Waals surface area contributed by atoms with Gasteiger partial charge in [-0.15, -0.1) is 0 Å². The molecule has 7 nitrogen and oxygen atoms in total. The maximum atomic E-state index is 12.4. The Labute approximate surface area is 148 Å². The van der Waals surface area contributed by atoms with Crippen molar-refractivity contribution in [2.24, 2.45) is 0 Å². The fraction of sp³-hybridized carbons (Fsp3) is 0.500. The molecule has 1 aromatic carbocycles. The summed E-state index contributed by atoms with van der Waals surface area (Å²) in [6, 6.07) is 7.88. The Balaban J connectivity index is 1.48. The summed E-state index contributed by atoms with van der Waals surface area (Å²) >= 11 is 0. The SMILES string of the molecule is CCCO[C@@H]1CCCN(C(=O)NCc2ccc(-n3cncn3)cc2)C1. The first kappa shape index (κ1) is 17.4. The predicted octanol–water partition coefficient (Wildman–Crippen LogP) is 2.37. The summed E-state index contributed by atoms with van der Waals surface area (Å²) in [4.78, 5) is 18.2. The van der Waals surface area contributed by atoms with Gasteiger partial charge < -0.3 is 15.0 Å². The lowest BCUT2D eigenvalue weighted by Gasteiger charge is -2.32. The minimum Gasteiger partial charge on any atom is -0.376 e. The van der Waals surface area contributed by atoms with Crippen molar-refractivity contribution in [3.05, 3.63) is 42.5 Å². The number of benzene rings is 1. The molecule has 1 aliphatic rings. The Bertz CT molecular complexity index is 657. The second kappa shape index (κ2) is 8.62. The largest absolute Gasteiger partial charge is 0.376 e. The van der Waals surface area contributed by atoms with Crippen LogP contribution in [-0.4, -0.2) is 51.5 Å². The molecule has 2 amide bonds. The fourth-order valence-electron chi connectivity index (χ4n) is 2.94. The van der Waals surface area contributed by atoms with E-state index in [-0.39, 0.29) is 12.1 Å². The van der Waals surface area contributed by atoms with Crippen molar-refractivity contribution in [2.45, 2.75) is 38.8 Å². The molecule has 134 valence electrons. The summed E-state index contributed by atoms with van der Waals surface area (Å²) < 4.78 is 7.49. The molecule has 2 heterocycles. The molecule has 0 saturated carbocycles. The molecule has 0 unspecified atom stereocenters. The zero-order chi connectivity index (χ0) is 17.5. The van der Waals surface area contributed by atoms with Gasteiger partial charge in [0.1, 0.15) is 12.7 Å². The highest BCUT2D eigenvalue weighted by Crippen LogP contribution is 2.14. The molecule has 0 bridgehead atoms. The van der Waals surface area contributed by atoms with Gasteiger partial charge in [0, 0.05) is 26.2 Å². The van der Waals surface area contributed by atoms with Crippen molar-refractivity contribution >= 4 is 6.03 Å². The number of likely N-dealkylation sites (tertiary alicyclic amines) is 1. The molecule has 1 saturated heterocycles. The van der Waals surface area contributed by atoms with E-state index in [0.29, 0.717) is 13.1 Å². The lowest BCUT2D eigenvalue weighted by Crippen LogP contribution is -2.47. The first-order chi connectivity index (χ1) is 12.3. The monoisotopic (exact) mass is 343 g/mol. The molecule has 1 fully saturated rings. The number of rotatable bonds is 6. The lowest BCUT2D eigenvalue weighted by atomic mass is 10.1. The Morgan fingerprint density at radius 1 is 1.36 bits per heavy atom. The third kappa shape index (κ3) is 4.79. The summed E-state index contributed by atoms with van der Waals surface area (Å²) in [5.74, 6) is 0. The van der Waals surface area contributed by atoms with Crippen molar-refractivity contribution in [3.8, 4) is 5.69 Å². The molecule has 0 aliphatic carbocycles. The van der Waals surface area contributed by atoms with E-state index in [0.717, 1.165) is 43.7 Å². The van der Waals surface area contributed by atoms with Gasteiger partial charge in [0.15, 0.2) is 0 Å². The fourth-order valence-corrected chi connectivity index (χ4v) is 2.94. The van der Waals surface area contributed by atoms with Gasteiger partial charge in [-0.1, -0.05) is 19.1 Å². The second-order valence-corrected chi connectivity index (χ2v) is 6.25. The zero-order valence-electron chi connectivity index (χ0n) is 14.6. The average Bonchev–Trinajstić information content (AvgIpc) is 3.20. The summed E-state index contributed by atoms with van der Waals surface area (Å²) in [7, 11) is 0. The summed E-state index contributed by atoms with van der Waals surface area (Å²) in [6.45, 7) is 4.84. The molecule has 1 N–H and O–H groups in total. The van der Waals surface area contributed by atoms with Crippen LogP contribution >= 0.6 is 0 Å². The minimum atomic E-state index is -0.0230. The van der Waals surface area contributed by atoms with Gasteiger partial charge >= 0.3 is 6.03 Å². The maximum Gasteiger partial charge on any atom is 0.317 e. The highest BCUT2D eigenvalue weighted by molar-refractivity contribution is 5.74. The van der Waals surface area contributed by atoms with Crippen LogP contribution in [0.2, 0.25) is 0 Å². The predicted molar refractivity (Wildman–Crippen MR) is 94.4 cm³/mol. The summed E-state index contributed by atoms with van der Waals surface area (Å²) in [6.07, 6.45) is 6.37. The standard InChI is InChI=1S/C18H25N5O2/c1-2-10-25-17-4-3-9-22(12-17)18(24)20-11-15-5-7-16(8-6-15)23-14-19-13-21-23/h5-8,13-14,17H,2-4,9-12H2,1H3,(H,20,24)/t17-/m1/s1. The zero-order valence-corrected chi connectivity index (χ0v) is 14.6. The van der Waals surface area contributed by atoms with Crippen molar-refractivity contribution < 1.29 is 9.53 Å². The van der Waals surface area contributed by atoms with E-state index < -0.39 is 0 Å². The summed E-state index contributed by atoms with van der Waals surface area (Å²) in [5, 5.41) is 7.09. The number of carbonyl (C=O) groups is 1. The molecule has 1 aromatic heterocycles. The van der Waals surface area contributed by atoms with E-state index in [9.17, 15) is 4.79 Å². The van der Waals surface area contributed by atoms with E-state index in [1.807, 2.05) is 29.2 Å². The first-order valence-electron chi connectivity index (χ1n) is 8.84. The van der Waals surface area contributed by atoms with Gasteiger partial charge in [0.2, 0.25) is 0 Å². The van der Waals surface area contributed by atoms with Crippen LogP contribution in [0.3, 0.4) is 0 Å². The number of piperidine rings is 1. The number of urea groups is 1. The van der Waals surface area contributed by atoms with Gasteiger partial charge in [-0.3, -0.25) is 0 Å². The van der Waals surface area contributed by atoms with Crippen LogP contribution in [0, 0.1) is 0 Å². The lowest BCUT2D eigenvalue weighted by molar-refractivity contribution is 0.0100. The van der Waals surface area contributed by atoms with Crippen LogP contribution in [0.15, 0.2) is 36.9 Å². The van der Waals surface area contributed by atoms with Crippen molar-refractivity contribution in [1.82, 2.24) is 25.0 Å².